The number of aromatic nitrogens is 2. The van der Waals surface area contributed by atoms with Crippen LogP contribution in [0.1, 0.15) is 44.5 Å². The Morgan fingerprint density at radius 1 is 1.22 bits per heavy atom. The number of anilines is 1. The molecule has 0 bridgehead atoms. The van der Waals surface area contributed by atoms with E-state index in [2.05, 4.69) is 30.9 Å². The molecule has 1 aromatic heterocycles. The van der Waals surface area contributed by atoms with Crippen LogP contribution in [-0.4, -0.2) is 10.1 Å². The molecule has 0 aliphatic carbocycles. The summed E-state index contributed by atoms with van der Waals surface area (Å²) in [5.41, 5.74) is 7.27. The fourth-order valence-electron chi connectivity index (χ4n) is 1.86. The molecule has 0 aliphatic heterocycles. The van der Waals surface area contributed by atoms with Gasteiger partial charge in [0.05, 0.1) is 5.41 Å². The third-order valence-electron chi connectivity index (χ3n) is 3.11. The van der Waals surface area contributed by atoms with E-state index in [1.807, 2.05) is 24.3 Å². The number of nitrogens with zero attached hydrogens (tertiary/aromatic N) is 2. The normalized spacial score (nSPS) is 11.7. The Kier molecular flexibility index (Phi) is 3.36. The van der Waals surface area contributed by atoms with Gasteiger partial charge in [0.15, 0.2) is 5.82 Å². The molecular weight excluding hydrogens is 226 g/mol. The molecule has 4 nitrogen and oxygen atoms in total. The third-order valence-corrected chi connectivity index (χ3v) is 3.11. The fourth-order valence-corrected chi connectivity index (χ4v) is 1.86. The summed E-state index contributed by atoms with van der Waals surface area (Å²) >= 11 is 0. The van der Waals surface area contributed by atoms with Crippen LogP contribution in [0.3, 0.4) is 0 Å². The summed E-state index contributed by atoms with van der Waals surface area (Å²) in [4.78, 5) is 4.46. The van der Waals surface area contributed by atoms with Gasteiger partial charge >= 0.3 is 0 Å². The van der Waals surface area contributed by atoms with Crippen molar-refractivity contribution in [3.63, 3.8) is 0 Å². The molecule has 0 atom stereocenters. The Bertz CT molecular complexity index is 514. The van der Waals surface area contributed by atoms with Crippen molar-refractivity contribution in [1.82, 2.24) is 10.1 Å². The van der Waals surface area contributed by atoms with E-state index in [0.717, 1.165) is 29.9 Å². The summed E-state index contributed by atoms with van der Waals surface area (Å²) in [6.07, 6.45) is 1.86. The Morgan fingerprint density at radius 2 is 1.89 bits per heavy atom. The lowest BCUT2D eigenvalue weighted by atomic mass is 9.84. The van der Waals surface area contributed by atoms with Crippen molar-refractivity contribution in [1.29, 1.82) is 0 Å². The molecule has 0 spiro atoms. The lowest BCUT2D eigenvalue weighted by molar-refractivity contribution is 0.329. The van der Waals surface area contributed by atoms with Gasteiger partial charge in [-0.3, -0.25) is 0 Å². The van der Waals surface area contributed by atoms with E-state index in [1.54, 1.807) is 0 Å². The smallest absolute Gasteiger partial charge is 0.236 e. The van der Waals surface area contributed by atoms with Gasteiger partial charge < -0.3 is 10.3 Å². The maximum Gasteiger partial charge on any atom is 0.236 e. The quantitative estimate of drug-likeness (QED) is 0.841. The highest BCUT2D eigenvalue weighted by atomic mass is 16.5. The molecule has 2 rings (SSSR count). The highest BCUT2D eigenvalue weighted by molar-refractivity contribution is 5.42. The molecule has 0 unspecified atom stereocenters. The van der Waals surface area contributed by atoms with Gasteiger partial charge in [0.2, 0.25) is 5.89 Å². The Balaban J connectivity index is 2.31. The Hall–Kier alpha value is -1.84. The molecule has 0 saturated carbocycles. The zero-order valence-electron chi connectivity index (χ0n) is 11.1. The van der Waals surface area contributed by atoms with Gasteiger partial charge in [-0.2, -0.15) is 4.98 Å². The van der Waals surface area contributed by atoms with Crippen molar-refractivity contribution in [2.45, 2.75) is 39.0 Å². The molecule has 0 fully saturated rings. The second-order valence-electron chi connectivity index (χ2n) is 5.01. The Labute approximate surface area is 107 Å². The average molecular weight is 245 g/mol. The summed E-state index contributed by atoms with van der Waals surface area (Å²) in [7, 11) is 0. The van der Waals surface area contributed by atoms with E-state index in [4.69, 9.17) is 10.3 Å². The summed E-state index contributed by atoms with van der Waals surface area (Å²) < 4.78 is 5.37. The molecule has 4 heteroatoms. The van der Waals surface area contributed by atoms with Crippen molar-refractivity contribution in [3.8, 4) is 0 Å². The van der Waals surface area contributed by atoms with Gasteiger partial charge in [0.25, 0.3) is 0 Å². The van der Waals surface area contributed by atoms with Crippen LogP contribution >= 0.6 is 0 Å². The first-order valence-electron chi connectivity index (χ1n) is 6.23. The first-order valence-corrected chi connectivity index (χ1v) is 6.23. The number of hydrogen-bond acceptors (Lipinski definition) is 4. The second-order valence-corrected chi connectivity index (χ2v) is 5.01. The van der Waals surface area contributed by atoms with E-state index in [0.29, 0.717) is 5.89 Å². The molecule has 18 heavy (non-hydrogen) atoms. The zero-order valence-corrected chi connectivity index (χ0v) is 11.1. The highest BCUT2D eigenvalue weighted by Gasteiger charge is 2.29. The van der Waals surface area contributed by atoms with Crippen LogP contribution < -0.4 is 5.73 Å². The minimum atomic E-state index is -0.299. The minimum Gasteiger partial charge on any atom is -0.399 e. The van der Waals surface area contributed by atoms with Crippen LogP contribution in [0.5, 0.6) is 0 Å². The van der Waals surface area contributed by atoms with Gasteiger partial charge in [0, 0.05) is 12.1 Å². The van der Waals surface area contributed by atoms with E-state index in [9.17, 15) is 0 Å². The van der Waals surface area contributed by atoms with Crippen molar-refractivity contribution >= 4 is 5.69 Å². The molecule has 2 aromatic rings. The van der Waals surface area contributed by atoms with Gasteiger partial charge in [-0.25, -0.2) is 0 Å². The maximum atomic E-state index is 5.70. The second kappa shape index (κ2) is 4.80. The van der Waals surface area contributed by atoms with E-state index in [1.165, 1.54) is 0 Å². The SMILES string of the molecule is CCCc1noc(C(C)(C)c2ccc(N)cc2)n1. The molecule has 96 valence electrons. The van der Waals surface area contributed by atoms with E-state index >= 15 is 0 Å². The van der Waals surface area contributed by atoms with Crippen LogP contribution in [0.25, 0.3) is 0 Å². The molecule has 0 amide bonds. The average Bonchev–Trinajstić information content (AvgIpc) is 2.79. The van der Waals surface area contributed by atoms with Crippen LogP contribution in [0.2, 0.25) is 0 Å². The summed E-state index contributed by atoms with van der Waals surface area (Å²) in [5.74, 6) is 1.42. The van der Waals surface area contributed by atoms with E-state index < -0.39 is 0 Å². The highest BCUT2D eigenvalue weighted by Crippen LogP contribution is 2.30. The molecule has 0 radical (unpaired) electrons. The number of rotatable bonds is 4. The molecule has 2 N–H and O–H groups in total. The zero-order chi connectivity index (χ0) is 13.2. The largest absolute Gasteiger partial charge is 0.399 e. The van der Waals surface area contributed by atoms with Gasteiger partial charge in [-0.05, 0) is 38.0 Å². The number of benzene rings is 1. The number of aryl methyl sites for hydroxylation is 1. The van der Waals surface area contributed by atoms with Crippen LogP contribution in [-0.2, 0) is 11.8 Å². The standard InChI is InChI=1S/C14H19N3O/c1-4-5-12-16-13(18-17-12)14(2,3)10-6-8-11(15)9-7-10/h6-9H,4-5,15H2,1-3H3. The summed E-state index contributed by atoms with van der Waals surface area (Å²) in [5, 5.41) is 4.00. The van der Waals surface area contributed by atoms with Crippen molar-refractivity contribution < 1.29 is 4.52 Å². The van der Waals surface area contributed by atoms with Crippen molar-refractivity contribution in [2.75, 3.05) is 5.73 Å². The summed E-state index contributed by atoms with van der Waals surface area (Å²) in [6.45, 7) is 6.24. The van der Waals surface area contributed by atoms with Crippen LogP contribution in [0.15, 0.2) is 28.8 Å². The van der Waals surface area contributed by atoms with Gasteiger partial charge in [0.1, 0.15) is 0 Å². The van der Waals surface area contributed by atoms with Crippen LogP contribution in [0, 0.1) is 0 Å². The van der Waals surface area contributed by atoms with Gasteiger partial charge in [-0.15, -0.1) is 0 Å². The molecule has 1 heterocycles. The predicted molar refractivity (Wildman–Crippen MR) is 71.3 cm³/mol. The topological polar surface area (TPSA) is 64.9 Å². The number of nitrogens with two attached hydrogens (primary N) is 1. The maximum absolute atomic E-state index is 5.70. The fraction of sp³-hybridized carbons (Fsp3) is 0.429. The van der Waals surface area contributed by atoms with Crippen molar-refractivity contribution in [2.24, 2.45) is 0 Å². The lowest BCUT2D eigenvalue weighted by Crippen LogP contribution is -2.19. The van der Waals surface area contributed by atoms with Crippen LogP contribution in [0.4, 0.5) is 5.69 Å². The predicted octanol–water partition coefficient (Wildman–Crippen LogP) is 2.93. The first-order chi connectivity index (χ1) is 8.54. The Morgan fingerprint density at radius 3 is 2.50 bits per heavy atom. The minimum absolute atomic E-state index is 0.299. The number of nitrogen functional groups attached to an aromatic ring is 1. The summed E-state index contributed by atoms with van der Waals surface area (Å²) in [6, 6.07) is 7.78. The van der Waals surface area contributed by atoms with Gasteiger partial charge in [-0.1, -0.05) is 24.2 Å². The first kappa shape index (κ1) is 12.6. The molecule has 1 aromatic carbocycles. The number of hydrogen-bond donors (Lipinski definition) is 1. The lowest BCUT2D eigenvalue weighted by Gasteiger charge is -2.20. The molecule has 0 saturated heterocycles. The van der Waals surface area contributed by atoms with Crippen molar-refractivity contribution in [3.05, 3.63) is 41.5 Å². The third kappa shape index (κ3) is 2.37. The molecular formula is C14H19N3O. The van der Waals surface area contributed by atoms with E-state index in [-0.39, 0.29) is 5.41 Å². The molecule has 0 aliphatic rings. The monoisotopic (exact) mass is 245 g/mol.